The highest BCUT2D eigenvalue weighted by Gasteiger charge is 2.42. The van der Waals surface area contributed by atoms with Gasteiger partial charge in [0.15, 0.2) is 5.82 Å². The Morgan fingerprint density at radius 3 is 2.38 bits per heavy atom. The third-order valence-electron chi connectivity index (χ3n) is 5.21. The van der Waals surface area contributed by atoms with Crippen molar-refractivity contribution < 1.29 is 18.9 Å². The van der Waals surface area contributed by atoms with Gasteiger partial charge in [0.2, 0.25) is 11.8 Å². The number of likely N-dealkylation sites (N-methyl/N-ethyl adjacent to an activating group) is 2. The molecule has 1 aromatic heterocycles. The summed E-state index contributed by atoms with van der Waals surface area (Å²) in [6.45, 7) is 5.19. The van der Waals surface area contributed by atoms with Crippen molar-refractivity contribution >= 4 is 17.8 Å². The fraction of sp³-hybridized carbons (Fsp3) is 0.706. The monoisotopic (exact) mass is 363 g/mol. The zero-order chi connectivity index (χ0) is 19.0. The molecule has 0 bridgehead atoms. The largest absolute Gasteiger partial charge is 0.343 e. The molecule has 1 aromatic rings. The molecule has 0 unspecified atom stereocenters. The summed E-state index contributed by atoms with van der Waals surface area (Å²) in [4.78, 5) is 45.1. The van der Waals surface area contributed by atoms with Gasteiger partial charge in [-0.1, -0.05) is 19.0 Å². The summed E-state index contributed by atoms with van der Waals surface area (Å²) in [5.74, 6) is 1.28. The van der Waals surface area contributed by atoms with E-state index >= 15 is 0 Å². The van der Waals surface area contributed by atoms with Crippen LogP contribution in [0.2, 0.25) is 0 Å². The van der Waals surface area contributed by atoms with Crippen LogP contribution in [0.3, 0.4) is 0 Å². The Hall–Kier alpha value is -2.45. The third-order valence-corrected chi connectivity index (χ3v) is 5.21. The van der Waals surface area contributed by atoms with Crippen molar-refractivity contribution in [3.8, 4) is 0 Å². The van der Waals surface area contributed by atoms with E-state index < -0.39 is 6.04 Å². The molecule has 0 radical (unpaired) electrons. The molecule has 1 atom stereocenters. The van der Waals surface area contributed by atoms with E-state index in [0.717, 1.165) is 17.7 Å². The lowest BCUT2D eigenvalue weighted by Crippen LogP contribution is -2.42. The standard InChI is InChI=1S/C17H25N5O4/c1-10(2)14-18-15(26-19-14)11-5-7-22(8-6-11)13(23)9-12-16(24)21(4)17(25)20(12)3/h10-12H,5-9H2,1-4H3/t12-/m1/s1. The second-order valence-electron chi connectivity index (χ2n) is 7.31. The zero-order valence-corrected chi connectivity index (χ0v) is 15.6. The first-order valence-corrected chi connectivity index (χ1v) is 8.95. The van der Waals surface area contributed by atoms with Gasteiger partial charge in [-0.3, -0.25) is 14.5 Å². The van der Waals surface area contributed by atoms with E-state index in [9.17, 15) is 14.4 Å². The molecule has 2 fully saturated rings. The maximum atomic E-state index is 12.6. The summed E-state index contributed by atoms with van der Waals surface area (Å²) in [7, 11) is 2.99. The molecule has 9 nitrogen and oxygen atoms in total. The minimum Gasteiger partial charge on any atom is -0.343 e. The normalized spacial score (nSPS) is 22.0. The van der Waals surface area contributed by atoms with Crippen LogP contribution < -0.4 is 0 Å². The van der Waals surface area contributed by atoms with Gasteiger partial charge in [-0.15, -0.1) is 0 Å². The Balaban J connectivity index is 1.55. The van der Waals surface area contributed by atoms with Gasteiger partial charge in [0.25, 0.3) is 5.91 Å². The molecule has 26 heavy (non-hydrogen) atoms. The molecular formula is C17H25N5O4. The number of amides is 4. The molecular weight excluding hydrogens is 338 g/mol. The summed E-state index contributed by atoms with van der Waals surface area (Å²) in [6, 6.07) is -1.08. The van der Waals surface area contributed by atoms with Crippen LogP contribution in [0.4, 0.5) is 4.79 Å². The van der Waals surface area contributed by atoms with Crippen molar-refractivity contribution in [1.82, 2.24) is 24.8 Å². The number of likely N-dealkylation sites (tertiary alicyclic amines) is 1. The van der Waals surface area contributed by atoms with Crippen LogP contribution >= 0.6 is 0 Å². The van der Waals surface area contributed by atoms with Crippen LogP contribution in [0.15, 0.2) is 4.52 Å². The number of carbonyl (C=O) groups is 3. The molecule has 2 aliphatic rings. The molecule has 3 heterocycles. The molecule has 0 aliphatic carbocycles. The van der Waals surface area contributed by atoms with E-state index in [1.54, 1.807) is 11.9 Å². The number of piperidine rings is 1. The summed E-state index contributed by atoms with van der Waals surface area (Å²) < 4.78 is 5.36. The zero-order valence-electron chi connectivity index (χ0n) is 15.6. The number of hydrogen-bond donors (Lipinski definition) is 0. The van der Waals surface area contributed by atoms with Crippen molar-refractivity contribution in [3.05, 3.63) is 11.7 Å². The number of imide groups is 1. The number of urea groups is 1. The van der Waals surface area contributed by atoms with Gasteiger partial charge in [-0.05, 0) is 12.8 Å². The van der Waals surface area contributed by atoms with Gasteiger partial charge in [-0.2, -0.15) is 4.98 Å². The molecule has 4 amide bonds. The predicted molar refractivity (Wildman–Crippen MR) is 91.3 cm³/mol. The minimum absolute atomic E-state index is 0.0220. The number of carbonyl (C=O) groups excluding carboxylic acids is 3. The first kappa shape index (κ1) is 18.3. The predicted octanol–water partition coefficient (Wildman–Crippen LogP) is 1.18. The lowest BCUT2D eigenvalue weighted by atomic mass is 9.96. The first-order chi connectivity index (χ1) is 12.3. The molecule has 3 rings (SSSR count). The van der Waals surface area contributed by atoms with Gasteiger partial charge in [0.1, 0.15) is 6.04 Å². The van der Waals surface area contributed by atoms with E-state index in [1.165, 1.54) is 11.9 Å². The van der Waals surface area contributed by atoms with Crippen LogP contribution in [0.25, 0.3) is 0 Å². The average molecular weight is 363 g/mol. The molecule has 9 heteroatoms. The van der Waals surface area contributed by atoms with Crippen molar-refractivity contribution in [3.63, 3.8) is 0 Å². The maximum Gasteiger partial charge on any atom is 0.326 e. The molecule has 0 spiro atoms. The van der Waals surface area contributed by atoms with Gasteiger partial charge < -0.3 is 14.3 Å². The Morgan fingerprint density at radius 2 is 1.88 bits per heavy atom. The highest BCUT2D eigenvalue weighted by molar-refractivity contribution is 6.05. The Labute approximate surface area is 152 Å². The van der Waals surface area contributed by atoms with Crippen LogP contribution in [0.1, 0.15) is 56.7 Å². The average Bonchev–Trinajstić information content (AvgIpc) is 3.19. The highest BCUT2D eigenvalue weighted by atomic mass is 16.5. The molecule has 2 aliphatic heterocycles. The fourth-order valence-corrected chi connectivity index (χ4v) is 3.40. The molecule has 142 valence electrons. The van der Waals surface area contributed by atoms with E-state index in [4.69, 9.17) is 4.52 Å². The smallest absolute Gasteiger partial charge is 0.326 e. The molecule has 0 saturated carbocycles. The van der Waals surface area contributed by atoms with E-state index in [1.807, 2.05) is 13.8 Å². The van der Waals surface area contributed by atoms with E-state index in [-0.39, 0.29) is 36.1 Å². The van der Waals surface area contributed by atoms with Gasteiger partial charge in [0, 0.05) is 39.0 Å². The van der Waals surface area contributed by atoms with Crippen molar-refractivity contribution in [1.29, 1.82) is 0 Å². The first-order valence-electron chi connectivity index (χ1n) is 8.95. The Morgan fingerprint density at radius 1 is 1.23 bits per heavy atom. The van der Waals surface area contributed by atoms with Gasteiger partial charge >= 0.3 is 6.03 Å². The lowest BCUT2D eigenvalue weighted by molar-refractivity contribution is -0.137. The summed E-state index contributed by atoms with van der Waals surface area (Å²) in [6.07, 6.45) is 1.52. The molecule has 0 aromatic carbocycles. The van der Waals surface area contributed by atoms with Crippen molar-refractivity contribution in [2.24, 2.45) is 0 Å². The van der Waals surface area contributed by atoms with Gasteiger partial charge in [-0.25, -0.2) is 4.79 Å². The van der Waals surface area contributed by atoms with E-state index in [2.05, 4.69) is 10.1 Å². The van der Waals surface area contributed by atoms with Gasteiger partial charge in [0.05, 0.1) is 6.42 Å². The Kier molecular flexibility index (Phi) is 4.97. The fourth-order valence-electron chi connectivity index (χ4n) is 3.40. The summed E-state index contributed by atoms with van der Waals surface area (Å²) in [5, 5.41) is 4.00. The number of hydrogen-bond acceptors (Lipinski definition) is 6. The summed E-state index contributed by atoms with van der Waals surface area (Å²) >= 11 is 0. The molecule has 2 saturated heterocycles. The number of nitrogens with zero attached hydrogens (tertiary/aromatic N) is 5. The Bertz CT molecular complexity index is 708. The summed E-state index contributed by atoms with van der Waals surface area (Å²) in [5.41, 5.74) is 0. The second kappa shape index (κ2) is 7.05. The number of rotatable bonds is 4. The SMILES string of the molecule is CC(C)c1noc(C2CCN(C(=O)C[C@@H]3C(=O)N(C)C(=O)N3C)CC2)n1. The van der Waals surface area contributed by atoms with Crippen molar-refractivity contribution in [2.45, 2.75) is 51.0 Å². The van der Waals surface area contributed by atoms with Crippen LogP contribution in [-0.2, 0) is 9.59 Å². The topological polar surface area (TPSA) is 99.8 Å². The maximum absolute atomic E-state index is 12.6. The van der Waals surface area contributed by atoms with Crippen molar-refractivity contribution in [2.75, 3.05) is 27.2 Å². The third kappa shape index (κ3) is 3.30. The lowest BCUT2D eigenvalue weighted by Gasteiger charge is -2.31. The van der Waals surface area contributed by atoms with Crippen LogP contribution in [0, 0.1) is 0 Å². The van der Waals surface area contributed by atoms with Crippen LogP contribution in [-0.4, -0.2) is 75.9 Å². The molecule has 0 N–H and O–H groups in total. The van der Waals surface area contributed by atoms with Crippen LogP contribution in [0.5, 0.6) is 0 Å². The second-order valence-corrected chi connectivity index (χ2v) is 7.31. The highest BCUT2D eigenvalue weighted by Crippen LogP contribution is 2.28. The minimum atomic E-state index is -0.706. The quantitative estimate of drug-likeness (QED) is 0.745. The number of aromatic nitrogens is 2. The van der Waals surface area contributed by atoms with E-state index in [0.29, 0.717) is 24.8 Å².